The average molecular weight is 489 g/mol. The molecule has 9 heteroatoms. The van der Waals surface area contributed by atoms with Crippen LogP contribution in [0.3, 0.4) is 0 Å². The Bertz CT molecular complexity index is 1370. The molecular formula is C25H20N4O3S2. The molecule has 0 radical (unpaired) electrons. The fourth-order valence-electron chi connectivity index (χ4n) is 3.23. The Morgan fingerprint density at radius 2 is 1.74 bits per heavy atom. The van der Waals surface area contributed by atoms with Gasteiger partial charge in [0.1, 0.15) is 5.75 Å². The summed E-state index contributed by atoms with van der Waals surface area (Å²) in [6, 6.07) is 24.8. The van der Waals surface area contributed by atoms with Crippen LogP contribution in [0.1, 0.15) is 10.9 Å². The van der Waals surface area contributed by atoms with Crippen LogP contribution in [0.2, 0.25) is 0 Å². The number of hydrogen-bond donors (Lipinski definition) is 1. The maximum atomic E-state index is 12.5. The van der Waals surface area contributed by atoms with Gasteiger partial charge in [0.2, 0.25) is 11.8 Å². The van der Waals surface area contributed by atoms with Crippen molar-refractivity contribution in [2.75, 3.05) is 11.1 Å². The smallest absolute Gasteiger partial charge is 0.277 e. The zero-order valence-electron chi connectivity index (χ0n) is 18.0. The monoisotopic (exact) mass is 488 g/mol. The van der Waals surface area contributed by atoms with Gasteiger partial charge >= 0.3 is 0 Å². The number of rotatable bonds is 9. The van der Waals surface area contributed by atoms with Crippen molar-refractivity contribution in [2.24, 2.45) is 0 Å². The first kappa shape index (κ1) is 22.1. The maximum Gasteiger partial charge on any atom is 0.277 e. The lowest BCUT2D eigenvalue weighted by Gasteiger charge is -2.11. The van der Waals surface area contributed by atoms with Crippen molar-refractivity contribution < 1.29 is 13.9 Å². The molecule has 34 heavy (non-hydrogen) atoms. The van der Waals surface area contributed by atoms with Crippen LogP contribution >= 0.6 is 23.1 Å². The quantitative estimate of drug-likeness (QED) is 0.255. The summed E-state index contributed by atoms with van der Waals surface area (Å²) in [7, 11) is 0. The number of hydrogen-bond acceptors (Lipinski definition) is 8. The van der Waals surface area contributed by atoms with Gasteiger partial charge in [-0.1, -0.05) is 54.2 Å². The molecule has 0 fully saturated rings. The topological polar surface area (TPSA) is 90.1 Å². The van der Waals surface area contributed by atoms with Gasteiger partial charge in [0.05, 0.1) is 26.7 Å². The maximum absolute atomic E-state index is 12.5. The van der Waals surface area contributed by atoms with Crippen molar-refractivity contribution in [1.82, 2.24) is 15.2 Å². The number of ether oxygens (including phenoxy) is 1. The Labute approximate surface area is 204 Å². The van der Waals surface area contributed by atoms with Crippen LogP contribution in [0.4, 0.5) is 5.69 Å². The molecule has 1 amide bonds. The third-order valence-electron chi connectivity index (χ3n) is 4.80. The van der Waals surface area contributed by atoms with Crippen LogP contribution in [0.25, 0.3) is 10.2 Å². The SMILES string of the molecule is O=C(CSc1nnc(CCc2nc3ccccc3s2)o1)Nc1ccccc1Oc1ccccc1. The van der Waals surface area contributed by atoms with E-state index in [1.165, 1.54) is 16.5 Å². The first-order valence-corrected chi connectivity index (χ1v) is 12.4. The van der Waals surface area contributed by atoms with E-state index in [9.17, 15) is 4.79 Å². The number of carbonyl (C=O) groups excluding carboxylic acids is 1. The van der Waals surface area contributed by atoms with Crippen molar-refractivity contribution in [2.45, 2.75) is 18.1 Å². The number of para-hydroxylation sites is 4. The van der Waals surface area contributed by atoms with E-state index in [1.54, 1.807) is 17.4 Å². The van der Waals surface area contributed by atoms with Gasteiger partial charge in [-0.3, -0.25) is 4.79 Å². The Balaban J connectivity index is 1.13. The van der Waals surface area contributed by atoms with E-state index in [0.29, 0.717) is 34.7 Å². The highest BCUT2D eigenvalue weighted by Gasteiger charge is 2.13. The third-order valence-corrected chi connectivity index (χ3v) is 6.71. The van der Waals surface area contributed by atoms with E-state index in [1.807, 2.05) is 66.7 Å². The summed E-state index contributed by atoms with van der Waals surface area (Å²) in [6.45, 7) is 0. The molecule has 0 atom stereocenters. The summed E-state index contributed by atoms with van der Waals surface area (Å²) in [4.78, 5) is 17.1. The standard InChI is InChI=1S/C25H20N4O3S2/c30-22(26-18-10-4-6-12-20(18)31-17-8-2-1-3-9-17)16-33-25-29-28-23(32-25)14-15-24-27-19-11-5-7-13-21(19)34-24/h1-13H,14-16H2,(H,26,30). The van der Waals surface area contributed by atoms with Crippen LogP contribution < -0.4 is 10.1 Å². The molecular weight excluding hydrogens is 468 g/mol. The van der Waals surface area contributed by atoms with Crippen LogP contribution in [-0.4, -0.2) is 26.8 Å². The van der Waals surface area contributed by atoms with Crippen LogP contribution in [0.5, 0.6) is 11.5 Å². The minimum Gasteiger partial charge on any atom is -0.455 e. The summed E-state index contributed by atoms with van der Waals surface area (Å²) in [5.41, 5.74) is 1.60. The number of thiazole rings is 1. The van der Waals surface area contributed by atoms with E-state index in [4.69, 9.17) is 9.15 Å². The van der Waals surface area contributed by atoms with Gasteiger partial charge < -0.3 is 14.5 Å². The van der Waals surface area contributed by atoms with E-state index in [2.05, 4.69) is 26.6 Å². The first-order valence-electron chi connectivity index (χ1n) is 10.6. The minimum atomic E-state index is -0.191. The fourth-order valence-corrected chi connectivity index (χ4v) is 4.77. The van der Waals surface area contributed by atoms with Crippen LogP contribution in [0.15, 0.2) is 88.5 Å². The molecule has 0 aliphatic rings. The molecule has 170 valence electrons. The summed E-state index contributed by atoms with van der Waals surface area (Å²) < 4.78 is 12.8. The molecule has 0 saturated heterocycles. The van der Waals surface area contributed by atoms with Crippen LogP contribution in [0, 0.1) is 0 Å². The van der Waals surface area contributed by atoms with Crippen molar-refractivity contribution in [3.05, 3.63) is 89.8 Å². The second-order valence-corrected chi connectivity index (χ2v) is 9.33. The Hall–Kier alpha value is -3.69. The lowest BCUT2D eigenvalue weighted by molar-refractivity contribution is -0.113. The molecule has 7 nitrogen and oxygen atoms in total. The summed E-state index contributed by atoms with van der Waals surface area (Å²) in [6.07, 6.45) is 1.33. The number of nitrogens with zero attached hydrogens (tertiary/aromatic N) is 3. The summed E-state index contributed by atoms with van der Waals surface area (Å²) >= 11 is 2.87. The molecule has 0 spiro atoms. The molecule has 0 aliphatic carbocycles. The normalized spacial score (nSPS) is 10.9. The van der Waals surface area contributed by atoms with Gasteiger partial charge in [0.25, 0.3) is 5.22 Å². The van der Waals surface area contributed by atoms with E-state index < -0.39 is 0 Å². The predicted molar refractivity (Wildman–Crippen MR) is 134 cm³/mol. The highest BCUT2D eigenvalue weighted by atomic mass is 32.2. The molecule has 0 unspecified atom stereocenters. The number of benzene rings is 3. The average Bonchev–Trinajstić information content (AvgIpc) is 3.50. The lowest BCUT2D eigenvalue weighted by Crippen LogP contribution is -2.14. The van der Waals surface area contributed by atoms with Gasteiger partial charge in [-0.25, -0.2) is 4.98 Å². The highest BCUT2D eigenvalue weighted by molar-refractivity contribution is 7.99. The zero-order chi connectivity index (χ0) is 23.2. The number of aromatic nitrogens is 3. The lowest BCUT2D eigenvalue weighted by atomic mass is 10.3. The summed E-state index contributed by atoms with van der Waals surface area (Å²) in [5.74, 6) is 1.75. The Morgan fingerprint density at radius 3 is 2.62 bits per heavy atom. The van der Waals surface area contributed by atoms with Gasteiger partial charge in [0, 0.05) is 12.8 Å². The Kier molecular flexibility index (Phi) is 6.83. The van der Waals surface area contributed by atoms with E-state index in [-0.39, 0.29) is 11.7 Å². The predicted octanol–water partition coefficient (Wildman–Crippen LogP) is 5.99. The van der Waals surface area contributed by atoms with Gasteiger partial charge in [-0.15, -0.1) is 21.5 Å². The molecule has 3 aromatic carbocycles. The number of thioether (sulfide) groups is 1. The second kappa shape index (κ2) is 10.5. The van der Waals surface area contributed by atoms with Crippen molar-refractivity contribution >= 4 is 44.9 Å². The fraction of sp³-hybridized carbons (Fsp3) is 0.120. The van der Waals surface area contributed by atoms with Crippen molar-refractivity contribution in [3.8, 4) is 11.5 Å². The molecule has 2 aromatic heterocycles. The van der Waals surface area contributed by atoms with Crippen LogP contribution in [-0.2, 0) is 17.6 Å². The van der Waals surface area contributed by atoms with Gasteiger partial charge in [0.15, 0.2) is 5.75 Å². The number of anilines is 1. The second-order valence-electron chi connectivity index (χ2n) is 7.29. The zero-order valence-corrected chi connectivity index (χ0v) is 19.6. The molecule has 5 aromatic rings. The van der Waals surface area contributed by atoms with Crippen molar-refractivity contribution in [1.29, 1.82) is 0 Å². The van der Waals surface area contributed by atoms with Crippen molar-refractivity contribution in [3.63, 3.8) is 0 Å². The number of fused-ring (bicyclic) bond motifs is 1. The Morgan fingerprint density at radius 1 is 0.941 bits per heavy atom. The largest absolute Gasteiger partial charge is 0.455 e. The molecule has 2 heterocycles. The molecule has 5 rings (SSSR count). The number of carbonyl (C=O) groups is 1. The highest BCUT2D eigenvalue weighted by Crippen LogP contribution is 2.29. The third kappa shape index (κ3) is 5.62. The summed E-state index contributed by atoms with van der Waals surface area (Å²) in [5, 5.41) is 12.4. The molecule has 0 bridgehead atoms. The minimum absolute atomic E-state index is 0.138. The van der Waals surface area contributed by atoms with E-state index >= 15 is 0 Å². The number of amides is 1. The van der Waals surface area contributed by atoms with Gasteiger partial charge in [-0.2, -0.15) is 0 Å². The van der Waals surface area contributed by atoms with Gasteiger partial charge in [-0.05, 0) is 36.4 Å². The number of nitrogens with one attached hydrogen (secondary N) is 1. The van der Waals surface area contributed by atoms with E-state index in [0.717, 1.165) is 16.9 Å². The number of aryl methyl sites for hydroxylation is 2. The molecule has 0 aliphatic heterocycles. The first-order chi connectivity index (χ1) is 16.7. The molecule has 0 saturated carbocycles. The molecule has 1 N–H and O–H groups in total.